The lowest BCUT2D eigenvalue weighted by atomic mass is 9.90. The number of aromatic carboxylic acids is 1. The van der Waals surface area contributed by atoms with Crippen molar-refractivity contribution >= 4 is 16.9 Å². The van der Waals surface area contributed by atoms with E-state index in [4.69, 9.17) is 9.47 Å². The zero-order valence-corrected chi connectivity index (χ0v) is 13.8. The molecule has 26 heavy (non-hydrogen) atoms. The van der Waals surface area contributed by atoms with Gasteiger partial charge in [-0.1, -0.05) is 24.3 Å². The van der Waals surface area contributed by atoms with E-state index in [2.05, 4.69) is 4.98 Å². The van der Waals surface area contributed by atoms with Gasteiger partial charge in [0, 0.05) is 13.3 Å². The molecule has 1 aliphatic heterocycles. The van der Waals surface area contributed by atoms with Gasteiger partial charge in [-0.25, -0.2) is 13.6 Å². The number of aromatic amines is 1. The van der Waals surface area contributed by atoms with E-state index < -0.39 is 23.2 Å². The first-order valence-corrected chi connectivity index (χ1v) is 7.93. The van der Waals surface area contributed by atoms with E-state index in [0.29, 0.717) is 18.8 Å². The summed E-state index contributed by atoms with van der Waals surface area (Å²) in [5, 5.41) is 9.07. The zero-order valence-electron chi connectivity index (χ0n) is 13.8. The maximum absolute atomic E-state index is 15.0. The monoisotopic (exact) mass is 359 g/mol. The van der Waals surface area contributed by atoms with Gasteiger partial charge in [0.05, 0.1) is 35.2 Å². The van der Waals surface area contributed by atoms with E-state index in [9.17, 15) is 18.7 Å². The van der Waals surface area contributed by atoms with Crippen molar-refractivity contribution in [2.75, 3.05) is 20.3 Å². The number of aromatic nitrogens is 1. The molecule has 4 rings (SSSR count). The van der Waals surface area contributed by atoms with Gasteiger partial charge < -0.3 is 19.6 Å². The number of fused-ring (bicyclic) bond motifs is 1. The van der Waals surface area contributed by atoms with Crippen LogP contribution < -0.4 is 0 Å². The Morgan fingerprint density at radius 1 is 1.27 bits per heavy atom. The van der Waals surface area contributed by atoms with E-state index in [1.807, 2.05) is 0 Å². The summed E-state index contributed by atoms with van der Waals surface area (Å²) in [4.78, 5) is 13.9. The van der Waals surface area contributed by atoms with Crippen molar-refractivity contribution in [2.45, 2.75) is 5.60 Å². The van der Waals surface area contributed by atoms with Crippen molar-refractivity contribution in [2.24, 2.45) is 0 Å². The molecule has 0 bridgehead atoms. The molecular weight excluding hydrogens is 344 g/mol. The number of hydrogen-bond donors (Lipinski definition) is 2. The number of halogens is 2. The van der Waals surface area contributed by atoms with Crippen LogP contribution in [0.4, 0.5) is 8.78 Å². The predicted octanol–water partition coefficient (Wildman–Crippen LogP) is 3.68. The molecule has 0 saturated carbocycles. The fourth-order valence-electron chi connectivity index (χ4n) is 3.28. The highest BCUT2D eigenvalue weighted by Crippen LogP contribution is 2.37. The van der Waals surface area contributed by atoms with E-state index in [1.165, 1.54) is 0 Å². The topological polar surface area (TPSA) is 71.6 Å². The fourth-order valence-corrected chi connectivity index (χ4v) is 3.28. The number of rotatable bonds is 4. The summed E-state index contributed by atoms with van der Waals surface area (Å²) in [7, 11) is 1.59. The van der Waals surface area contributed by atoms with Crippen molar-refractivity contribution in [1.82, 2.24) is 4.98 Å². The Labute approximate surface area is 147 Å². The molecule has 2 N–H and O–H groups in total. The summed E-state index contributed by atoms with van der Waals surface area (Å²) < 4.78 is 40.2. The third kappa shape index (κ3) is 2.32. The number of H-pyrrole nitrogens is 1. The number of hydrogen-bond acceptors (Lipinski definition) is 3. The van der Waals surface area contributed by atoms with Crippen LogP contribution in [0.5, 0.6) is 0 Å². The fraction of sp³-hybridized carbons (Fsp3) is 0.211. The lowest BCUT2D eigenvalue weighted by Crippen LogP contribution is -2.48. The molecule has 0 spiro atoms. The van der Waals surface area contributed by atoms with Gasteiger partial charge in [-0.2, -0.15) is 0 Å². The Balaban J connectivity index is 1.84. The van der Waals surface area contributed by atoms with Crippen LogP contribution >= 0.6 is 0 Å². The minimum absolute atomic E-state index is 0.0997. The summed E-state index contributed by atoms with van der Waals surface area (Å²) >= 11 is 0. The summed E-state index contributed by atoms with van der Waals surface area (Å²) in [5.74, 6) is -2.95. The van der Waals surface area contributed by atoms with Crippen LogP contribution in [0.15, 0.2) is 36.5 Å². The van der Waals surface area contributed by atoms with Gasteiger partial charge in [-0.15, -0.1) is 0 Å². The highest BCUT2D eigenvalue weighted by atomic mass is 19.1. The third-order valence-electron chi connectivity index (χ3n) is 4.85. The number of carbonyl (C=O) groups is 1. The predicted molar refractivity (Wildman–Crippen MR) is 90.1 cm³/mol. The van der Waals surface area contributed by atoms with Crippen LogP contribution in [0, 0.1) is 11.6 Å². The van der Waals surface area contributed by atoms with E-state index in [-0.39, 0.29) is 22.0 Å². The van der Waals surface area contributed by atoms with Gasteiger partial charge in [0.25, 0.3) is 0 Å². The van der Waals surface area contributed by atoms with Crippen LogP contribution in [0.1, 0.15) is 15.9 Å². The summed E-state index contributed by atoms with van der Waals surface area (Å²) in [5.41, 5.74) is 0.237. The van der Waals surface area contributed by atoms with Crippen LogP contribution in [0.3, 0.4) is 0 Å². The molecule has 0 radical (unpaired) electrons. The van der Waals surface area contributed by atoms with Crippen LogP contribution in [0.25, 0.3) is 22.0 Å². The molecule has 0 atom stereocenters. The second-order valence-electron chi connectivity index (χ2n) is 6.25. The van der Waals surface area contributed by atoms with Gasteiger partial charge in [0.15, 0.2) is 0 Å². The van der Waals surface area contributed by atoms with Gasteiger partial charge in [0.1, 0.15) is 17.2 Å². The molecule has 1 saturated heterocycles. The first-order valence-electron chi connectivity index (χ1n) is 7.93. The molecule has 1 aromatic heterocycles. The van der Waals surface area contributed by atoms with E-state index >= 15 is 0 Å². The lowest BCUT2D eigenvalue weighted by molar-refractivity contribution is -0.202. The summed E-state index contributed by atoms with van der Waals surface area (Å²) in [6.07, 6.45) is 1.15. The highest BCUT2D eigenvalue weighted by Gasteiger charge is 2.40. The molecule has 7 heteroatoms. The second-order valence-corrected chi connectivity index (χ2v) is 6.25. The Hall–Kier alpha value is -2.77. The van der Waals surface area contributed by atoms with Gasteiger partial charge in [-0.05, 0) is 17.2 Å². The van der Waals surface area contributed by atoms with Gasteiger partial charge in [0.2, 0.25) is 0 Å². The number of methoxy groups -OCH3 is 1. The maximum atomic E-state index is 15.0. The minimum Gasteiger partial charge on any atom is -0.478 e. The molecular formula is C19H15F2NO4. The Bertz CT molecular complexity index is 1000. The van der Waals surface area contributed by atoms with Crippen molar-refractivity contribution < 1.29 is 28.2 Å². The van der Waals surface area contributed by atoms with E-state index in [0.717, 1.165) is 17.8 Å². The molecule has 3 aromatic rings. The first-order chi connectivity index (χ1) is 12.5. The highest BCUT2D eigenvalue weighted by molar-refractivity contribution is 6.04. The zero-order chi connectivity index (χ0) is 18.5. The Morgan fingerprint density at radius 3 is 2.50 bits per heavy atom. The lowest BCUT2D eigenvalue weighted by Gasteiger charge is -2.40. The quantitative estimate of drug-likeness (QED) is 0.745. The smallest absolute Gasteiger partial charge is 0.337 e. The second kappa shape index (κ2) is 5.89. The Morgan fingerprint density at radius 2 is 1.96 bits per heavy atom. The molecule has 1 aliphatic rings. The van der Waals surface area contributed by atoms with E-state index in [1.54, 1.807) is 31.4 Å². The summed E-state index contributed by atoms with van der Waals surface area (Å²) in [6, 6.07) is 7.76. The molecule has 1 fully saturated rings. The molecule has 2 aromatic carbocycles. The average Bonchev–Trinajstić information content (AvgIpc) is 3.00. The first kappa shape index (κ1) is 16.7. The van der Waals surface area contributed by atoms with Gasteiger partial charge >= 0.3 is 5.97 Å². The van der Waals surface area contributed by atoms with Crippen LogP contribution in [-0.4, -0.2) is 36.4 Å². The molecule has 0 aliphatic carbocycles. The van der Waals surface area contributed by atoms with Crippen molar-refractivity contribution in [3.8, 4) is 11.1 Å². The molecule has 5 nitrogen and oxygen atoms in total. The average molecular weight is 359 g/mol. The summed E-state index contributed by atoms with van der Waals surface area (Å²) in [6.45, 7) is 0.839. The standard InChI is InChI=1S/C19H15F2NO4/c1-25-19(8-26-9-19)11-4-2-10(3-5-11)15-13(20)6-14-16(17(15)21)12(7-22-14)18(23)24/h2-7,22H,8-9H2,1H3,(H,23,24). The van der Waals surface area contributed by atoms with Crippen molar-refractivity contribution in [3.63, 3.8) is 0 Å². The molecule has 134 valence electrons. The number of benzene rings is 2. The van der Waals surface area contributed by atoms with Crippen LogP contribution in [-0.2, 0) is 15.1 Å². The molecule has 2 heterocycles. The number of carboxylic acid groups (broad SMARTS) is 1. The van der Waals surface area contributed by atoms with Gasteiger partial charge in [-0.3, -0.25) is 0 Å². The number of ether oxygens (including phenoxy) is 2. The van der Waals surface area contributed by atoms with Crippen LogP contribution in [0.2, 0.25) is 0 Å². The maximum Gasteiger partial charge on any atom is 0.337 e. The minimum atomic E-state index is -1.28. The molecule has 0 amide bonds. The third-order valence-corrected chi connectivity index (χ3v) is 4.85. The Kier molecular flexibility index (Phi) is 3.78. The number of carboxylic acids is 1. The van der Waals surface area contributed by atoms with Crippen molar-refractivity contribution in [1.29, 1.82) is 0 Å². The SMILES string of the molecule is COC1(c2ccc(-c3c(F)cc4[nH]cc(C(=O)O)c4c3F)cc2)COC1. The normalized spacial score (nSPS) is 15.8. The van der Waals surface area contributed by atoms with Crippen molar-refractivity contribution in [3.05, 3.63) is 59.3 Å². The number of nitrogens with one attached hydrogen (secondary N) is 1. The largest absolute Gasteiger partial charge is 0.478 e. The molecule has 0 unspecified atom stereocenters.